The molecule has 1 aliphatic carbocycles. The van der Waals surface area contributed by atoms with Crippen molar-refractivity contribution in [1.82, 2.24) is 19.7 Å². The second kappa shape index (κ2) is 6.72. The monoisotopic (exact) mass is 360 g/mol. The zero-order chi connectivity index (χ0) is 19.0. The van der Waals surface area contributed by atoms with E-state index in [-0.39, 0.29) is 11.8 Å². The summed E-state index contributed by atoms with van der Waals surface area (Å²) in [5, 5.41) is 12.0. The van der Waals surface area contributed by atoms with Crippen molar-refractivity contribution in [3.05, 3.63) is 41.5 Å². The van der Waals surface area contributed by atoms with Gasteiger partial charge in [-0.15, -0.1) is 0 Å². The topological polar surface area (TPSA) is 84.7 Å². The van der Waals surface area contributed by atoms with E-state index in [1.807, 2.05) is 33.3 Å². The maximum atomic E-state index is 12.1. The van der Waals surface area contributed by atoms with Crippen molar-refractivity contribution < 1.29 is 4.79 Å². The normalized spacial score (nSPS) is 13.1. The van der Waals surface area contributed by atoms with Crippen molar-refractivity contribution in [3.63, 3.8) is 0 Å². The Morgan fingerprint density at radius 1 is 1.19 bits per heavy atom. The molecule has 27 heavy (non-hydrogen) atoms. The standard InChI is InChI=1S/C20H20N6O/c1-12-15(11-26(3)25-12)7-6-14-9-23-19(21-2)17-10-22-18(8-16(14)17)24-20(27)13-4-5-13/h8-11,13H,4-5H2,1-3H3,(H,21,23)(H,22,24,27). The Bertz CT molecular complexity index is 1100. The van der Waals surface area contributed by atoms with E-state index in [4.69, 9.17) is 0 Å². The van der Waals surface area contributed by atoms with Crippen LogP contribution in [0.15, 0.2) is 24.7 Å². The molecular formula is C20H20N6O. The third-order valence-corrected chi connectivity index (χ3v) is 4.55. The van der Waals surface area contributed by atoms with Crippen LogP contribution in [0.5, 0.6) is 0 Å². The number of hydrogen-bond donors (Lipinski definition) is 2. The van der Waals surface area contributed by atoms with Crippen LogP contribution in [-0.4, -0.2) is 32.7 Å². The molecule has 0 unspecified atom stereocenters. The minimum absolute atomic E-state index is 0.0309. The zero-order valence-electron chi connectivity index (χ0n) is 15.5. The van der Waals surface area contributed by atoms with Crippen molar-refractivity contribution in [1.29, 1.82) is 0 Å². The molecule has 0 radical (unpaired) electrons. The summed E-state index contributed by atoms with van der Waals surface area (Å²) in [6.07, 6.45) is 7.25. The third kappa shape index (κ3) is 3.47. The Kier molecular flexibility index (Phi) is 4.24. The Hall–Kier alpha value is -3.40. The number of aromatic nitrogens is 4. The number of pyridine rings is 2. The van der Waals surface area contributed by atoms with Crippen molar-refractivity contribution >= 4 is 28.3 Å². The van der Waals surface area contributed by atoms with Crippen LogP contribution in [0.3, 0.4) is 0 Å². The van der Waals surface area contributed by atoms with Gasteiger partial charge in [-0.3, -0.25) is 9.48 Å². The SMILES string of the molecule is CNc1ncc(C#Cc2cn(C)nc2C)c2cc(NC(=O)C3CC3)ncc12. The van der Waals surface area contributed by atoms with Crippen molar-refractivity contribution in [2.24, 2.45) is 13.0 Å². The largest absolute Gasteiger partial charge is 0.373 e. The molecular weight excluding hydrogens is 340 g/mol. The van der Waals surface area contributed by atoms with E-state index in [0.29, 0.717) is 5.82 Å². The average molecular weight is 360 g/mol. The highest BCUT2D eigenvalue weighted by atomic mass is 16.2. The molecule has 7 nitrogen and oxygen atoms in total. The Balaban J connectivity index is 1.77. The third-order valence-electron chi connectivity index (χ3n) is 4.55. The van der Waals surface area contributed by atoms with E-state index in [2.05, 4.69) is 37.5 Å². The van der Waals surface area contributed by atoms with Gasteiger partial charge in [0.1, 0.15) is 11.6 Å². The Morgan fingerprint density at radius 3 is 2.63 bits per heavy atom. The summed E-state index contributed by atoms with van der Waals surface area (Å²) < 4.78 is 1.75. The molecule has 4 rings (SSSR count). The number of anilines is 2. The molecule has 1 fully saturated rings. The Morgan fingerprint density at radius 2 is 1.96 bits per heavy atom. The second-order valence-electron chi connectivity index (χ2n) is 6.70. The molecule has 3 heterocycles. The molecule has 2 N–H and O–H groups in total. The van der Waals surface area contributed by atoms with E-state index < -0.39 is 0 Å². The van der Waals surface area contributed by atoms with Crippen molar-refractivity contribution in [2.45, 2.75) is 19.8 Å². The number of fused-ring (bicyclic) bond motifs is 1. The minimum atomic E-state index is 0.0309. The van der Waals surface area contributed by atoms with Crippen LogP contribution in [0.1, 0.15) is 29.7 Å². The molecule has 136 valence electrons. The zero-order valence-corrected chi connectivity index (χ0v) is 15.5. The van der Waals surface area contributed by atoms with Crippen LogP contribution in [-0.2, 0) is 11.8 Å². The fourth-order valence-electron chi connectivity index (χ4n) is 2.93. The summed E-state index contributed by atoms with van der Waals surface area (Å²) in [6.45, 7) is 1.93. The molecule has 3 aromatic rings. The molecule has 0 bridgehead atoms. The summed E-state index contributed by atoms with van der Waals surface area (Å²) >= 11 is 0. The van der Waals surface area contributed by atoms with Gasteiger partial charge in [-0.1, -0.05) is 11.8 Å². The van der Waals surface area contributed by atoms with Gasteiger partial charge in [0.15, 0.2) is 0 Å². The first kappa shape index (κ1) is 17.0. The van der Waals surface area contributed by atoms with Crippen molar-refractivity contribution in [2.75, 3.05) is 17.7 Å². The lowest BCUT2D eigenvalue weighted by Gasteiger charge is -2.09. The van der Waals surface area contributed by atoms with Gasteiger partial charge < -0.3 is 10.6 Å². The molecule has 7 heteroatoms. The first-order chi connectivity index (χ1) is 13.0. The van der Waals surface area contributed by atoms with Gasteiger partial charge in [0.25, 0.3) is 0 Å². The van der Waals surface area contributed by atoms with Gasteiger partial charge in [0.2, 0.25) is 5.91 Å². The minimum Gasteiger partial charge on any atom is -0.373 e. The number of nitrogens with one attached hydrogen (secondary N) is 2. The molecule has 3 aromatic heterocycles. The van der Waals surface area contributed by atoms with Gasteiger partial charge in [-0.05, 0) is 25.8 Å². The van der Waals surface area contributed by atoms with Crippen LogP contribution < -0.4 is 10.6 Å². The van der Waals surface area contributed by atoms with Gasteiger partial charge >= 0.3 is 0 Å². The van der Waals surface area contributed by atoms with Crippen LogP contribution >= 0.6 is 0 Å². The van der Waals surface area contributed by atoms with Crippen molar-refractivity contribution in [3.8, 4) is 11.8 Å². The number of amides is 1. The fourth-order valence-corrected chi connectivity index (χ4v) is 2.93. The molecule has 0 aromatic carbocycles. The molecule has 1 saturated carbocycles. The highest BCUT2D eigenvalue weighted by molar-refractivity contribution is 5.99. The van der Waals surface area contributed by atoms with E-state index >= 15 is 0 Å². The maximum Gasteiger partial charge on any atom is 0.228 e. The lowest BCUT2D eigenvalue weighted by atomic mass is 10.1. The maximum absolute atomic E-state index is 12.1. The summed E-state index contributed by atoms with van der Waals surface area (Å²) in [4.78, 5) is 20.9. The molecule has 0 atom stereocenters. The number of carbonyl (C=O) groups is 1. The lowest BCUT2D eigenvalue weighted by molar-refractivity contribution is -0.117. The second-order valence-corrected chi connectivity index (χ2v) is 6.70. The quantitative estimate of drug-likeness (QED) is 0.701. The summed E-state index contributed by atoms with van der Waals surface area (Å²) in [7, 11) is 3.69. The average Bonchev–Trinajstić information content (AvgIpc) is 3.45. The molecule has 0 aliphatic heterocycles. The van der Waals surface area contributed by atoms with E-state index in [1.54, 1.807) is 17.1 Å². The molecule has 0 spiro atoms. The van der Waals surface area contributed by atoms with Gasteiger partial charge in [-0.25, -0.2) is 9.97 Å². The first-order valence-corrected chi connectivity index (χ1v) is 8.85. The summed E-state index contributed by atoms with van der Waals surface area (Å²) in [5.41, 5.74) is 2.53. The van der Waals surface area contributed by atoms with E-state index in [1.165, 1.54) is 0 Å². The predicted octanol–water partition coefficient (Wildman–Crippen LogP) is 2.46. The number of carbonyl (C=O) groups excluding carboxylic acids is 1. The van der Waals surface area contributed by atoms with Crippen LogP contribution in [0.4, 0.5) is 11.6 Å². The molecule has 0 saturated heterocycles. The fraction of sp³-hybridized carbons (Fsp3) is 0.300. The smallest absolute Gasteiger partial charge is 0.228 e. The van der Waals surface area contributed by atoms with Gasteiger partial charge in [0.05, 0.1) is 16.8 Å². The Labute approximate surface area is 157 Å². The lowest BCUT2D eigenvalue weighted by Crippen LogP contribution is -2.14. The summed E-state index contributed by atoms with van der Waals surface area (Å²) in [5.74, 6) is 7.77. The predicted molar refractivity (Wildman–Crippen MR) is 104 cm³/mol. The van der Waals surface area contributed by atoms with Crippen LogP contribution in [0.2, 0.25) is 0 Å². The van der Waals surface area contributed by atoms with Gasteiger partial charge in [-0.2, -0.15) is 5.10 Å². The van der Waals surface area contributed by atoms with E-state index in [9.17, 15) is 4.79 Å². The number of nitrogens with zero attached hydrogens (tertiary/aromatic N) is 4. The highest BCUT2D eigenvalue weighted by Gasteiger charge is 2.29. The van der Waals surface area contributed by atoms with Crippen LogP contribution in [0, 0.1) is 24.7 Å². The number of hydrogen-bond acceptors (Lipinski definition) is 5. The van der Waals surface area contributed by atoms with Crippen LogP contribution in [0.25, 0.3) is 10.8 Å². The summed E-state index contributed by atoms with van der Waals surface area (Å²) in [6, 6.07) is 1.86. The van der Waals surface area contributed by atoms with Gasteiger partial charge in [0, 0.05) is 49.4 Å². The first-order valence-electron chi connectivity index (χ1n) is 8.85. The molecule has 1 aliphatic rings. The van der Waals surface area contributed by atoms with E-state index in [0.717, 1.165) is 46.3 Å². The highest BCUT2D eigenvalue weighted by Crippen LogP contribution is 2.31. The number of rotatable bonds is 3. The molecule has 1 amide bonds. The number of aryl methyl sites for hydroxylation is 2.